The van der Waals surface area contributed by atoms with Crippen LogP contribution in [0.3, 0.4) is 0 Å². The average molecular weight is 324 g/mol. The summed E-state index contributed by atoms with van der Waals surface area (Å²) in [4.78, 5) is 0. The molecule has 0 amide bonds. The third kappa shape index (κ3) is 2.49. The predicted octanol–water partition coefficient (Wildman–Crippen LogP) is 4.40. The molecular formula is C22H18N3+. The number of para-hydroxylation sites is 3. The average Bonchev–Trinajstić information content (AvgIpc) is 3.01. The summed E-state index contributed by atoms with van der Waals surface area (Å²) in [5, 5.41) is 9.21. The number of fused-ring (bicyclic) bond motifs is 1. The molecule has 0 atom stereocenters. The first-order valence-electron chi connectivity index (χ1n) is 8.28. The third-order valence-corrected chi connectivity index (χ3v) is 4.57. The van der Waals surface area contributed by atoms with E-state index < -0.39 is 0 Å². The highest BCUT2D eigenvalue weighted by molar-refractivity contribution is 5.75. The standard InChI is InChI=1S/C22H18N3/c1-16-7-5-8-17(2)22(16)25-15-24(20-11-3-4-12-21(20)25)19-10-6-9-18(13-19)14-23/h3-13,15H,1-2H3/q+1. The van der Waals surface area contributed by atoms with Crippen LogP contribution in [0.1, 0.15) is 16.7 Å². The van der Waals surface area contributed by atoms with E-state index in [2.05, 4.69) is 71.8 Å². The molecule has 0 aliphatic rings. The van der Waals surface area contributed by atoms with Crippen LogP contribution in [0.25, 0.3) is 22.4 Å². The normalized spacial score (nSPS) is 10.8. The number of hydrogen-bond donors (Lipinski definition) is 0. The second kappa shape index (κ2) is 5.92. The molecule has 0 bridgehead atoms. The predicted molar refractivity (Wildman–Crippen MR) is 99.0 cm³/mol. The second-order valence-corrected chi connectivity index (χ2v) is 6.25. The van der Waals surface area contributed by atoms with E-state index in [4.69, 9.17) is 0 Å². The van der Waals surface area contributed by atoms with Crippen molar-refractivity contribution in [1.29, 1.82) is 5.26 Å². The molecule has 0 N–H and O–H groups in total. The minimum atomic E-state index is 0.661. The summed E-state index contributed by atoms with van der Waals surface area (Å²) < 4.78 is 4.38. The first kappa shape index (κ1) is 15.2. The summed E-state index contributed by atoms with van der Waals surface area (Å²) in [6.07, 6.45) is 2.11. The van der Waals surface area contributed by atoms with Gasteiger partial charge in [-0.2, -0.15) is 14.4 Å². The van der Waals surface area contributed by atoms with Crippen molar-refractivity contribution in [2.24, 2.45) is 0 Å². The Balaban J connectivity index is 2.04. The molecule has 3 heteroatoms. The lowest BCUT2D eigenvalue weighted by molar-refractivity contribution is -0.568. The number of benzene rings is 3. The SMILES string of the molecule is Cc1cccc(C)c1-[n+]1cn(-c2cccc(C#N)c2)c2ccccc21. The van der Waals surface area contributed by atoms with Crippen molar-refractivity contribution in [1.82, 2.24) is 4.57 Å². The van der Waals surface area contributed by atoms with Gasteiger partial charge in [-0.05, 0) is 49.2 Å². The van der Waals surface area contributed by atoms with Crippen molar-refractivity contribution in [3.63, 3.8) is 0 Å². The van der Waals surface area contributed by atoms with E-state index in [1.807, 2.05) is 30.3 Å². The number of hydrogen-bond acceptors (Lipinski definition) is 1. The van der Waals surface area contributed by atoms with Gasteiger partial charge in [0.25, 0.3) is 6.33 Å². The fourth-order valence-electron chi connectivity index (χ4n) is 3.41. The molecule has 25 heavy (non-hydrogen) atoms. The Morgan fingerprint density at radius 2 is 1.60 bits per heavy atom. The van der Waals surface area contributed by atoms with Gasteiger partial charge >= 0.3 is 0 Å². The minimum absolute atomic E-state index is 0.661. The molecule has 0 aliphatic heterocycles. The Morgan fingerprint density at radius 1 is 0.880 bits per heavy atom. The van der Waals surface area contributed by atoms with Crippen LogP contribution in [0.2, 0.25) is 0 Å². The van der Waals surface area contributed by atoms with Crippen LogP contribution in [-0.2, 0) is 0 Å². The van der Waals surface area contributed by atoms with Crippen molar-refractivity contribution in [3.8, 4) is 17.4 Å². The smallest absolute Gasteiger partial charge is 0.195 e. The van der Waals surface area contributed by atoms with Crippen LogP contribution < -0.4 is 4.57 Å². The van der Waals surface area contributed by atoms with Crippen molar-refractivity contribution in [3.05, 3.63) is 89.7 Å². The topological polar surface area (TPSA) is 32.6 Å². The van der Waals surface area contributed by atoms with E-state index in [0.717, 1.165) is 16.7 Å². The van der Waals surface area contributed by atoms with Gasteiger partial charge in [-0.25, -0.2) is 0 Å². The number of aromatic nitrogens is 2. The highest BCUT2D eigenvalue weighted by Crippen LogP contribution is 2.21. The quantitative estimate of drug-likeness (QED) is 0.503. The molecule has 3 nitrogen and oxygen atoms in total. The summed E-state index contributed by atoms with van der Waals surface area (Å²) in [7, 11) is 0. The monoisotopic (exact) mass is 324 g/mol. The molecule has 4 aromatic rings. The lowest BCUT2D eigenvalue weighted by atomic mass is 10.1. The zero-order valence-corrected chi connectivity index (χ0v) is 14.3. The van der Waals surface area contributed by atoms with E-state index in [9.17, 15) is 5.26 Å². The molecular weight excluding hydrogens is 306 g/mol. The molecule has 0 saturated heterocycles. The maximum Gasteiger partial charge on any atom is 0.255 e. The van der Waals surface area contributed by atoms with Gasteiger partial charge in [-0.3, -0.25) is 0 Å². The van der Waals surface area contributed by atoms with Gasteiger partial charge in [-0.1, -0.05) is 36.4 Å². The lowest BCUT2D eigenvalue weighted by Crippen LogP contribution is -2.31. The van der Waals surface area contributed by atoms with Gasteiger partial charge in [0.05, 0.1) is 11.6 Å². The van der Waals surface area contributed by atoms with E-state index in [-0.39, 0.29) is 0 Å². The van der Waals surface area contributed by atoms with E-state index >= 15 is 0 Å². The van der Waals surface area contributed by atoms with Crippen molar-refractivity contribution >= 4 is 11.0 Å². The Hall–Kier alpha value is -3.38. The zero-order chi connectivity index (χ0) is 17.4. The lowest BCUT2D eigenvalue weighted by Gasteiger charge is -2.05. The summed E-state index contributed by atoms with van der Waals surface area (Å²) >= 11 is 0. The van der Waals surface area contributed by atoms with Crippen LogP contribution in [0, 0.1) is 25.2 Å². The van der Waals surface area contributed by atoms with E-state index in [0.29, 0.717) is 5.56 Å². The van der Waals surface area contributed by atoms with Crippen LogP contribution in [0.15, 0.2) is 73.1 Å². The first-order valence-corrected chi connectivity index (χ1v) is 8.28. The van der Waals surface area contributed by atoms with Crippen molar-refractivity contribution in [2.75, 3.05) is 0 Å². The third-order valence-electron chi connectivity index (χ3n) is 4.57. The number of nitrogens with zero attached hydrogens (tertiary/aromatic N) is 3. The minimum Gasteiger partial charge on any atom is -0.195 e. The summed E-state index contributed by atoms with van der Waals surface area (Å²) in [6.45, 7) is 4.27. The number of aryl methyl sites for hydroxylation is 2. The molecule has 0 spiro atoms. The Bertz CT molecular complexity index is 1110. The maximum absolute atomic E-state index is 9.21. The molecule has 3 aromatic carbocycles. The molecule has 120 valence electrons. The Kier molecular flexibility index (Phi) is 3.59. The summed E-state index contributed by atoms with van der Waals surface area (Å²) in [5.41, 5.74) is 7.57. The second-order valence-electron chi connectivity index (χ2n) is 6.25. The van der Waals surface area contributed by atoms with Crippen LogP contribution in [-0.4, -0.2) is 4.57 Å². The number of rotatable bonds is 2. The molecule has 0 saturated carbocycles. The molecule has 4 rings (SSSR count). The fraction of sp³-hybridized carbons (Fsp3) is 0.0909. The van der Waals surface area contributed by atoms with Crippen LogP contribution in [0.4, 0.5) is 0 Å². The van der Waals surface area contributed by atoms with Gasteiger partial charge in [0.15, 0.2) is 11.0 Å². The summed E-state index contributed by atoms with van der Waals surface area (Å²) in [5.74, 6) is 0. The number of nitriles is 1. The highest BCUT2D eigenvalue weighted by atomic mass is 15.1. The van der Waals surface area contributed by atoms with Gasteiger partial charge in [-0.15, -0.1) is 0 Å². The van der Waals surface area contributed by atoms with Gasteiger partial charge in [0, 0.05) is 6.07 Å². The van der Waals surface area contributed by atoms with Gasteiger partial charge < -0.3 is 0 Å². The van der Waals surface area contributed by atoms with E-state index in [1.54, 1.807) is 0 Å². The Morgan fingerprint density at radius 3 is 2.36 bits per heavy atom. The Labute approximate surface area is 147 Å². The van der Waals surface area contributed by atoms with Crippen molar-refractivity contribution < 1.29 is 4.57 Å². The maximum atomic E-state index is 9.21. The summed E-state index contributed by atoms with van der Waals surface area (Å²) in [6, 6.07) is 24.6. The highest BCUT2D eigenvalue weighted by Gasteiger charge is 2.20. The van der Waals surface area contributed by atoms with Crippen molar-refractivity contribution in [2.45, 2.75) is 13.8 Å². The van der Waals surface area contributed by atoms with Gasteiger partial charge in [0.1, 0.15) is 11.4 Å². The largest absolute Gasteiger partial charge is 0.255 e. The molecule has 0 fully saturated rings. The van der Waals surface area contributed by atoms with Gasteiger partial charge in [0.2, 0.25) is 0 Å². The fourth-order valence-corrected chi connectivity index (χ4v) is 3.41. The molecule has 0 unspecified atom stereocenters. The molecule has 0 radical (unpaired) electrons. The zero-order valence-electron chi connectivity index (χ0n) is 14.3. The number of imidazole rings is 1. The molecule has 1 aromatic heterocycles. The first-order chi connectivity index (χ1) is 12.2. The molecule has 0 aliphatic carbocycles. The van der Waals surface area contributed by atoms with Crippen LogP contribution >= 0.6 is 0 Å². The van der Waals surface area contributed by atoms with E-state index in [1.165, 1.54) is 16.8 Å². The van der Waals surface area contributed by atoms with Crippen LogP contribution in [0.5, 0.6) is 0 Å². The molecule has 1 heterocycles.